The van der Waals surface area contributed by atoms with Crippen LogP contribution >= 0.6 is 24.0 Å². The van der Waals surface area contributed by atoms with Crippen molar-refractivity contribution in [2.24, 2.45) is 4.99 Å². The van der Waals surface area contributed by atoms with E-state index in [-0.39, 0.29) is 24.0 Å². The molecular formula is C24H31IN6O2. The highest BCUT2D eigenvalue weighted by Crippen LogP contribution is 2.31. The maximum atomic E-state index is 5.96. The first-order chi connectivity index (χ1) is 15.8. The van der Waals surface area contributed by atoms with Crippen LogP contribution in [0, 0.1) is 0 Å². The van der Waals surface area contributed by atoms with Crippen molar-refractivity contribution in [3.63, 3.8) is 0 Å². The predicted octanol–water partition coefficient (Wildman–Crippen LogP) is 4.57. The third-order valence-electron chi connectivity index (χ3n) is 5.58. The second kappa shape index (κ2) is 12.4. The van der Waals surface area contributed by atoms with Crippen molar-refractivity contribution in [2.45, 2.75) is 32.2 Å². The summed E-state index contributed by atoms with van der Waals surface area (Å²) in [6.45, 7) is 5.44. The van der Waals surface area contributed by atoms with E-state index < -0.39 is 0 Å². The number of hydrogen-bond acceptors (Lipinski definition) is 5. The fourth-order valence-electron chi connectivity index (χ4n) is 3.86. The fourth-order valence-corrected chi connectivity index (χ4v) is 3.86. The second-order valence-electron chi connectivity index (χ2n) is 7.70. The molecule has 0 saturated carbocycles. The first-order valence-electron chi connectivity index (χ1n) is 11.0. The molecule has 8 nitrogen and oxygen atoms in total. The predicted molar refractivity (Wildman–Crippen MR) is 140 cm³/mol. The summed E-state index contributed by atoms with van der Waals surface area (Å²) in [7, 11) is 1.64. The van der Waals surface area contributed by atoms with Crippen LogP contribution in [0.15, 0.2) is 59.9 Å². The lowest BCUT2D eigenvalue weighted by Crippen LogP contribution is -2.45. The average Bonchev–Trinajstić information content (AvgIpc) is 3.38. The van der Waals surface area contributed by atoms with Gasteiger partial charge in [-0.2, -0.15) is 5.10 Å². The van der Waals surface area contributed by atoms with Gasteiger partial charge in [0.1, 0.15) is 17.9 Å². The van der Waals surface area contributed by atoms with Crippen molar-refractivity contribution < 1.29 is 9.47 Å². The number of halogens is 1. The Hall–Kier alpha value is -2.82. The second-order valence-corrected chi connectivity index (χ2v) is 7.70. The van der Waals surface area contributed by atoms with E-state index in [1.165, 1.54) is 0 Å². The van der Waals surface area contributed by atoms with Crippen LogP contribution in [0.25, 0.3) is 0 Å². The highest BCUT2D eigenvalue weighted by Gasteiger charge is 2.24. The molecule has 2 heterocycles. The maximum absolute atomic E-state index is 5.96. The minimum Gasteiger partial charge on any atom is -0.493 e. The molecule has 1 aromatic heterocycles. The van der Waals surface area contributed by atoms with Crippen molar-refractivity contribution in [3.8, 4) is 17.2 Å². The smallest absolute Gasteiger partial charge is 0.194 e. The zero-order valence-electron chi connectivity index (χ0n) is 19.0. The van der Waals surface area contributed by atoms with E-state index in [0.29, 0.717) is 24.0 Å². The first-order valence-corrected chi connectivity index (χ1v) is 11.0. The number of aromatic amines is 1. The number of benzene rings is 2. The Labute approximate surface area is 211 Å². The molecule has 0 amide bonds. The molecule has 176 valence electrons. The van der Waals surface area contributed by atoms with Gasteiger partial charge in [0, 0.05) is 25.6 Å². The lowest BCUT2D eigenvalue weighted by atomic mass is 9.96. The molecule has 1 aliphatic rings. The lowest BCUT2D eigenvalue weighted by Gasteiger charge is -2.33. The zero-order chi connectivity index (χ0) is 22.2. The number of likely N-dealkylation sites (tertiary alicyclic amines) is 1. The van der Waals surface area contributed by atoms with E-state index in [1.807, 2.05) is 48.5 Å². The molecule has 1 aliphatic heterocycles. The summed E-state index contributed by atoms with van der Waals surface area (Å²) in [6.07, 6.45) is 3.66. The minimum absolute atomic E-state index is 0. The Balaban J connectivity index is 0.00000306. The van der Waals surface area contributed by atoms with Gasteiger partial charge in [0.25, 0.3) is 0 Å². The summed E-state index contributed by atoms with van der Waals surface area (Å²) in [5.41, 5.74) is 1.13. The van der Waals surface area contributed by atoms with Gasteiger partial charge >= 0.3 is 0 Å². The largest absolute Gasteiger partial charge is 0.493 e. The lowest BCUT2D eigenvalue weighted by molar-refractivity contribution is 0.299. The van der Waals surface area contributed by atoms with Crippen molar-refractivity contribution in [1.82, 2.24) is 25.4 Å². The fraction of sp³-hybridized carbons (Fsp3) is 0.375. The number of H-pyrrole nitrogens is 1. The van der Waals surface area contributed by atoms with E-state index in [2.05, 4.69) is 32.3 Å². The topological polar surface area (TPSA) is 87.7 Å². The Morgan fingerprint density at radius 1 is 1.12 bits per heavy atom. The molecule has 1 saturated heterocycles. The summed E-state index contributed by atoms with van der Waals surface area (Å²) in [6, 6.07) is 15.7. The summed E-state index contributed by atoms with van der Waals surface area (Å²) < 4.78 is 11.3. The number of para-hydroxylation sites is 2. The van der Waals surface area contributed by atoms with Crippen LogP contribution in [0.2, 0.25) is 0 Å². The highest BCUT2D eigenvalue weighted by molar-refractivity contribution is 14.0. The van der Waals surface area contributed by atoms with Crippen LogP contribution in [0.1, 0.15) is 37.1 Å². The van der Waals surface area contributed by atoms with Crippen molar-refractivity contribution in [1.29, 1.82) is 0 Å². The third-order valence-corrected chi connectivity index (χ3v) is 5.58. The molecule has 0 aliphatic carbocycles. The number of aliphatic imine (C=N–C) groups is 1. The van der Waals surface area contributed by atoms with Crippen LogP contribution in [0.4, 0.5) is 0 Å². The summed E-state index contributed by atoms with van der Waals surface area (Å²) in [4.78, 5) is 11.5. The summed E-state index contributed by atoms with van der Waals surface area (Å²) >= 11 is 0. The average molecular weight is 562 g/mol. The molecule has 2 N–H and O–H groups in total. The number of ether oxygens (including phenoxy) is 2. The van der Waals surface area contributed by atoms with E-state index in [9.17, 15) is 0 Å². The Morgan fingerprint density at radius 2 is 1.85 bits per heavy atom. The van der Waals surface area contributed by atoms with Gasteiger partial charge in [-0.25, -0.2) is 9.98 Å². The Morgan fingerprint density at radius 3 is 2.48 bits per heavy atom. The Kier molecular flexibility index (Phi) is 9.35. The van der Waals surface area contributed by atoms with Gasteiger partial charge in [-0.1, -0.05) is 24.3 Å². The van der Waals surface area contributed by atoms with Crippen molar-refractivity contribution in [2.75, 3.05) is 26.7 Å². The molecule has 0 bridgehead atoms. The van der Waals surface area contributed by atoms with E-state index in [4.69, 9.17) is 14.5 Å². The number of rotatable bonds is 7. The molecule has 1 fully saturated rings. The molecule has 0 radical (unpaired) electrons. The molecule has 2 aromatic carbocycles. The summed E-state index contributed by atoms with van der Waals surface area (Å²) in [5.74, 6) is 4.56. The quantitative estimate of drug-likeness (QED) is 0.249. The van der Waals surface area contributed by atoms with Gasteiger partial charge in [0.15, 0.2) is 17.5 Å². The van der Waals surface area contributed by atoms with Gasteiger partial charge in [-0.15, -0.1) is 24.0 Å². The van der Waals surface area contributed by atoms with Crippen LogP contribution in [0.5, 0.6) is 17.2 Å². The maximum Gasteiger partial charge on any atom is 0.194 e. The molecule has 4 rings (SSSR count). The van der Waals surface area contributed by atoms with E-state index in [0.717, 1.165) is 55.6 Å². The van der Waals surface area contributed by atoms with Gasteiger partial charge in [-0.05, 0) is 49.6 Å². The molecule has 33 heavy (non-hydrogen) atoms. The molecule has 0 unspecified atom stereocenters. The minimum atomic E-state index is 0. The molecule has 3 aromatic rings. The van der Waals surface area contributed by atoms with Crippen LogP contribution in [0.3, 0.4) is 0 Å². The van der Waals surface area contributed by atoms with E-state index in [1.54, 1.807) is 13.4 Å². The van der Waals surface area contributed by atoms with Crippen molar-refractivity contribution >= 4 is 29.9 Å². The van der Waals surface area contributed by atoms with Gasteiger partial charge in [0.05, 0.1) is 13.7 Å². The highest BCUT2D eigenvalue weighted by atomic mass is 127. The molecule has 0 atom stereocenters. The number of hydrogen-bond donors (Lipinski definition) is 2. The normalized spacial score (nSPS) is 14.5. The van der Waals surface area contributed by atoms with Crippen molar-refractivity contribution in [3.05, 3.63) is 66.2 Å². The van der Waals surface area contributed by atoms with Crippen LogP contribution < -0.4 is 14.8 Å². The number of piperidine rings is 1. The third kappa shape index (κ3) is 6.59. The zero-order valence-corrected chi connectivity index (χ0v) is 21.4. The van der Waals surface area contributed by atoms with Gasteiger partial charge in [-0.3, -0.25) is 5.10 Å². The van der Waals surface area contributed by atoms with Crippen LogP contribution in [-0.2, 0) is 6.54 Å². The Bertz CT molecular complexity index is 1000. The SMILES string of the molecule is CCNC(=NCc1ccc(Oc2ccccc2OC)cc1)N1CCC(c2ncn[nH]2)CC1.I. The molecule has 9 heteroatoms. The van der Waals surface area contributed by atoms with E-state index >= 15 is 0 Å². The summed E-state index contributed by atoms with van der Waals surface area (Å²) in [5, 5.41) is 10.4. The standard InChI is InChI=1S/C24H30N6O2.HI/c1-3-25-24(30-14-12-19(13-15-30)23-27-17-28-29-23)26-16-18-8-10-20(11-9-18)32-22-7-5-4-6-21(22)31-2;/h4-11,17,19H,3,12-16H2,1-2H3,(H,25,26)(H,27,28,29);1H. The number of nitrogens with zero attached hydrogens (tertiary/aromatic N) is 4. The number of nitrogens with one attached hydrogen (secondary N) is 2. The van der Waals surface area contributed by atoms with Crippen LogP contribution in [-0.4, -0.2) is 52.8 Å². The first kappa shape index (κ1) is 24.8. The number of aromatic nitrogens is 3. The monoisotopic (exact) mass is 562 g/mol. The van der Waals surface area contributed by atoms with Gasteiger partial charge < -0.3 is 19.7 Å². The number of guanidine groups is 1. The molecular weight excluding hydrogens is 531 g/mol. The number of methoxy groups -OCH3 is 1. The molecule has 0 spiro atoms. The van der Waals surface area contributed by atoms with Gasteiger partial charge in [0.2, 0.25) is 0 Å².